The molecular formula is C21H30N2O5. The number of fused-ring (bicyclic) bond motifs is 1. The second-order valence-corrected chi connectivity index (χ2v) is 8.88. The molecular weight excluding hydrogens is 360 g/mol. The topological polar surface area (TPSA) is 84.9 Å². The van der Waals surface area contributed by atoms with Crippen LogP contribution < -0.4 is 10.2 Å². The number of nitrogens with one attached hydrogen (secondary N) is 1. The SMILES string of the molecule is CC(C)(C)OC(=O)CN1C(=O)[C@@H](NC(=O)OC(C)(C)C)CCc2ccccc21. The predicted octanol–water partition coefficient (Wildman–Crippen LogP) is 3.20. The second kappa shape index (κ2) is 8.20. The Hall–Kier alpha value is -2.57. The first kappa shape index (κ1) is 21.7. The van der Waals surface area contributed by atoms with Crippen molar-refractivity contribution in [3.63, 3.8) is 0 Å². The molecule has 2 rings (SSSR count). The third kappa shape index (κ3) is 6.25. The highest BCUT2D eigenvalue weighted by molar-refractivity contribution is 6.03. The Bertz CT molecular complexity index is 746. The molecule has 7 heteroatoms. The van der Waals surface area contributed by atoms with Gasteiger partial charge in [-0.3, -0.25) is 14.5 Å². The Morgan fingerprint density at radius 2 is 1.68 bits per heavy atom. The Kier molecular flexibility index (Phi) is 6.37. The van der Waals surface area contributed by atoms with Crippen LogP contribution in [0, 0.1) is 0 Å². The number of para-hydroxylation sites is 1. The molecule has 0 aromatic heterocycles. The van der Waals surface area contributed by atoms with Gasteiger partial charge < -0.3 is 14.8 Å². The summed E-state index contributed by atoms with van der Waals surface area (Å²) in [5.74, 6) is -0.866. The van der Waals surface area contributed by atoms with Crippen LogP contribution in [0.1, 0.15) is 53.5 Å². The Morgan fingerprint density at radius 1 is 1.07 bits per heavy atom. The van der Waals surface area contributed by atoms with E-state index in [-0.39, 0.29) is 12.5 Å². The van der Waals surface area contributed by atoms with E-state index < -0.39 is 29.3 Å². The van der Waals surface area contributed by atoms with Crippen molar-refractivity contribution in [3.05, 3.63) is 29.8 Å². The van der Waals surface area contributed by atoms with E-state index in [1.165, 1.54) is 4.90 Å². The first-order chi connectivity index (χ1) is 12.9. The zero-order valence-electron chi connectivity index (χ0n) is 17.5. The number of ether oxygens (including phenoxy) is 2. The lowest BCUT2D eigenvalue weighted by molar-refractivity contribution is -0.153. The molecule has 28 heavy (non-hydrogen) atoms. The zero-order valence-corrected chi connectivity index (χ0v) is 17.5. The van der Waals surface area contributed by atoms with E-state index in [2.05, 4.69) is 5.32 Å². The number of esters is 1. The summed E-state index contributed by atoms with van der Waals surface area (Å²) in [5, 5.41) is 2.65. The quantitative estimate of drug-likeness (QED) is 0.801. The number of aryl methyl sites for hydroxylation is 1. The van der Waals surface area contributed by atoms with E-state index in [4.69, 9.17) is 9.47 Å². The molecule has 0 bridgehead atoms. The highest BCUT2D eigenvalue weighted by atomic mass is 16.6. The number of rotatable bonds is 3. The highest BCUT2D eigenvalue weighted by Crippen LogP contribution is 2.27. The van der Waals surface area contributed by atoms with Crippen molar-refractivity contribution in [2.24, 2.45) is 0 Å². The predicted molar refractivity (Wildman–Crippen MR) is 106 cm³/mol. The Balaban J connectivity index is 2.24. The van der Waals surface area contributed by atoms with Crippen molar-refractivity contribution >= 4 is 23.7 Å². The maximum Gasteiger partial charge on any atom is 0.408 e. The molecule has 1 aromatic carbocycles. The smallest absolute Gasteiger partial charge is 0.408 e. The molecule has 0 fully saturated rings. The molecule has 1 aliphatic rings. The highest BCUT2D eigenvalue weighted by Gasteiger charge is 2.34. The van der Waals surface area contributed by atoms with Crippen LogP contribution in [0.3, 0.4) is 0 Å². The monoisotopic (exact) mass is 390 g/mol. The number of anilines is 1. The maximum atomic E-state index is 13.2. The maximum absolute atomic E-state index is 13.2. The Morgan fingerprint density at radius 3 is 2.29 bits per heavy atom. The molecule has 0 saturated heterocycles. The lowest BCUT2D eigenvalue weighted by Gasteiger charge is -2.28. The second-order valence-electron chi connectivity index (χ2n) is 8.88. The van der Waals surface area contributed by atoms with Crippen LogP contribution in [0.4, 0.5) is 10.5 Å². The summed E-state index contributed by atoms with van der Waals surface area (Å²) in [4.78, 5) is 39.1. The summed E-state index contributed by atoms with van der Waals surface area (Å²) in [6, 6.07) is 6.63. The average Bonchev–Trinajstić information content (AvgIpc) is 2.64. The summed E-state index contributed by atoms with van der Waals surface area (Å²) in [7, 11) is 0. The van der Waals surface area contributed by atoms with Gasteiger partial charge in [0.15, 0.2) is 0 Å². The molecule has 1 heterocycles. The van der Waals surface area contributed by atoms with E-state index in [0.717, 1.165) is 5.56 Å². The fraction of sp³-hybridized carbons (Fsp3) is 0.571. The lowest BCUT2D eigenvalue weighted by Crippen LogP contribution is -2.50. The van der Waals surface area contributed by atoms with Gasteiger partial charge in [0.2, 0.25) is 5.91 Å². The van der Waals surface area contributed by atoms with Crippen molar-refractivity contribution in [2.75, 3.05) is 11.4 Å². The van der Waals surface area contributed by atoms with Gasteiger partial charge in [-0.05, 0) is 66.0 Å². The summed E-state index contributed by atoms with van der Waals surface area (Å²) in [6.45, 7) is 10.4. The Labute approximate surface area is 166 Å². The summed E-state index contributed by atoms with van der Waals surface area (Å²) >= 11 is 0. The summed E-state index contributed by atoms with van der Waals surface area (Å²) in [5.41, 5.74) is 0.274. The van der Waals surface area contributed by atoms with Crippen molar-refractivity contribution in [1.82, 2.24) is 5.32 Å². The van der Waals surface area contributed by atoms with Crippen molar-refractivity contribution in [1.29, 1.82) is 0 Å². The van der Waals surface area contributed by atoms with Crippen LogP contribution in [0.5, 0.6) is 0 Å². The largest absolute Gasteiger partial charge is 0.459 e. The van der Waals surface area contributed by atoms with Crippen LogP contribution in [0.25, 0.3) is 0 Å². The number of hydrogen-bond donors (Lipinski definition) is 1. The van der Waals surface area contributed by atoms with Crippen molar-refractivity contribution in [2.45, 2.75) is 71.6 Å². The van der Waals surface area contributed by atoms with Gasteiger partial charge >= 0.3 is 12.1 Å². The number of benzene rings is 1. The van der Waals surface area contributed by atoms with Gasteiger partial charge in [-0.25, -0.2) is 4.79 Å². The number of alkyl carbamates (subject to hydrolysis) is 1. The molecule has 2 amide bonds. The third-order valence-corrected chi connectivity index (χ3v) is 3.95. The van der Waals surface area contributed by atoms with Gasteiger partial charge in [-0.15, -0.1) is 0 Å². The van der Waals surface area contributed by atoms with Gasteiger partial charge in [0.05, 0.1) is 0 Å². The number of hydrogen-bond acceptors (Lipinski definition) is 5. The minimum absolute atomic E-state index is 0.223. The van der Waals surface area contributed by atoms with E-state index in [1.54, 1.807) is 47.6 Å². The van der Waals surface area contributed by atoms with E-state index in [9.17, 15) is 14.4 Å². The molecule has 0 unspecified atom stereocenters. The molecule has 154 valence electrons. The average molecular weight is 390 g/mol. The minimum Gasteiger partial charge on any atom is -0.459 e. The van der Waals surface area contributed by atoms with Crippen molar-refractivity contribution in [3.8, 4) is 0 Å². The van der Waals surface area contributed by atoms with E-state index in [0.29, 0.717) is 18.5 Å². The molecule has 0 radical (unpaired) electrons. The number of carbonyl (C=O) groups is 3. The summed E-state index contributed by atoms with van der Waals surface area (Å²) < 4.78 is 10.7. The standard InChI is InChI=1S/C21H30N2O5/c1-20(2,3)27-17(24)13-23-16-10-8-7-9-14(16)11-12-15(18(23)25)22-19(26)28-21(4,5)6/h7-10,15H,11-13H2,1-6H3,(H,22,26)/t15-/m0/s1. The third-order valence-electron chi connectivity index (χ3n) is 3.95. The van der Waals surface area contributed by atoms with E-state index in [1.807, 2.05) is 18.2 Å². The fourth-order valence-electron chi connectivity index (χ4n) is 2.97. The molecule has 0 aliphatic carbocycles. The molecule has 1 N–H and O–H groups in total. The normalized spacial score (nSPS) is 17.4. The van der Waals surface area contributed by atoms with Gasteiger partial charge in [0, 0.05) is 5.69 Å². The first-order valence-corrected chi connectivity index (χ1v) is 9.46. The van der Waals surface area contributed by atoms with Crippen LogP contribution in [0.15, 0.2) is 24.3 Å². The molecule has 0 spiro atoms. The first-order valence-electron chi connectivity index (χ1n) is 9.46. The number of amides is 2. The van der Waals surface area contributed by atoms with Crippen LogP contribution >= 0.6 is 0 Å². The summed E-state index contributed by atoms with van der Waals surface area (Å²) in [6.07, 6.45) is 0.349. The number of nitrogens with zero attached hydrogens (tertiary/aromatic N) is 1. The van der Waals surface area contributed by atoms with Crippen LogP contribution in [-0.2, 0) is 25.5 Å². The van der Waals surface area contributed by atoms with Gasteiger partial charge in [-0.1, -0.05) is 18.2 Å². The molecule has 0 saturated carbocycles. The fourth-order valence-corrected chi connectivity index (χ4v) is 2.97. The molecule has 1 aliphatic heterocycles. The molecule has 7 nitrogen and oxygen atoms in total. The van der Waals surface area contributed by atoms with Gasteiger partial charge in [-0.2, -0.15) is 0 Å². The van der Waals surface area contributed by atoms with Crippen molar-refractivity contribution < 1.29 is 23.9 Å². The minimum atomic E-state index is -0.787. The van der Waals surface area contributed by atoms with E-state index >= 15 is 0 Å². The van der Waals surface area contributed by atoms with Crippen LogP contribution in [0.2, 0.25) is 0 Å². The molecule has 1 aromatic rings. The zero-order chi connectivity index (χ0) is 21.1. The van der Waals surface area contributed by atoms with Gasteiger partial charge in [0.25, 0.3) is 0 Å². The van der Waals surface area contributed by atoms with Crippen LogP contribution in [-0.4, -0.2) is 41.8 Å². The van der Waals surface area contributed by atoms with Gasteiger partial charge in [0.1, 0.15) is 23.8 Å². The molecule has 1 atom stereocenters. The lowest BCUT2D eigenvalue weighted by atomic mass is 10.1. The number of carbonyl (C=O) groups excluding carboxylic acids is 3.